The van der Waals surface area contributed by atoms with Gasteiger partial charge < -0.3 is 10.6 Å². The molecular formula is C12H21N5O. The van der Waals surface area contributed by atoms with Gasteiger partial charge in [0, 0.05) is 31.4 Å². The van der Waals surface area contributed by atoms with Crippen LogP contribution in [-0.4, -0.2) is 58.1 Å². The first-order chi connectivity index (χ1) is 8.54. The Labute approximate surface area is 107 Å². The molecule has 1 saturated heterocycles. The zero-order valence-corrected chi connectivity index (χ0v) is 11.2. The largest absolute Gasteiger partial charge is 0.382 e. The van der Waals surface area contributed by atoms with Crippen LogP contribution >= 0.6 is 0 Å². The van der Waals surface area contributed by atoms with Crippen LogP contribution in [0.5, 0.6) is 0 Å². The van der Waals surface area contributed by atoms with Gasteiger partial charge in [-0.2, -0.15) is 5.10 Å². The van der Waals surface area contributed by atoms with E-state index in [4.69, 9.17) is 5.73 Å². The van der Waals surface area contributed by atoms with E-state index in [-0.39, 0.29) is 5.91 Å². The number of nitrogens with two attached hydrogens (primary N) is 1. The van der Waals surface area contributed by atoms with Crippen LogP contribution in [0.1, 0.15) is 29.9 Å². The Hall–Kier alpha value is -1.56. The predicted molar refractivity (Wildman–Crippen MR) is 70.3 cm³/mol. The van der Waals surface area contributed by atoms with Crippen molar-refractivity contribution in [1.82, 2.24) is 20.0 Å². The van der Waals surface area contributed by atoms with Crippen LogP contribution in [-0.2, 0) is 0 Å². The van der Waals surface area contributed by atoms with Crippen molar-refractivity contribution in [2.75, 3.05) is 31.9 Å². The van der Waals surface area contributed by atoms with Crippen molar-refractivity contribution in [2.24, 2.45) is 0 Å². The number of nitrogens with one attached hydrogen (secondary N) is 1. The summed E-state index contributed by atoms with van der Waals surface area (Å²) in [5.41, 5.74) is 7.00. The number of rotatable bonds is 2. The first-order valence-electron chi connectivity index (χ1n) is 6.38. The third kappa shape index (κ3) is 2.20. The summed E-state index contributed by atoms with van der Waals surface area (Å²) < 4.78 is 0. The van der Waals surface area contributed by atoms with Crippen molar-refractivity contribution in [1.29, 1.82) is 0 Å². The van der Waals surface area contributed by atoms with Crippen LogP contribution in [0.15, 0.2) is 0 Å². The van der Waals surface area contributed by atoms with Crippen molar-refractivity contribution in [3.8, 4) is 0 Å². The van der Waals surface area contributed by atoms with E-state index in [9.17, 15) is 4.79 Å². The minimum Gasteiger partial charge on any atom is -0.382 e. The molecule has 6 nitrogen and oxygen atoms in total. The average molecular weight is 251 g/mol. The molecule has 2 rings (SSSR count). The number of aryl methyl sites for hydroxylation is 1. The fraction of sp³-hybridized carbons (Fsp3) is 0.667. The SMILES string of the molecule is CCN1CCN(C(=O)c2c(N)n[nH]c2C)CC1C. The molecule has 1 aliphatic heterocycles. The number of piperazine rings is 1. The van der Waals surface area contributed by atoms with Crippen LogP contribution in [0.4, 0.5) is 5.82 Å². The maximum absolute atomic E-state index is 12.4. The van der Waals surface area contributed by atoms with Crippen molar-refractivity contribution < 1.29 is 4.79 Å². The number of nitrogens with zero attached hydrogens (tertiary/aromatic N) is 3. The molecule has 0 bridgehead atoms. The summed E-state index contributed by atoms with van der Waals surface area (Å²) in [7, 11) is 0. The molecule has 0 radical (unpaired) electrons. The number of carbonyl (C=O) groups is 1. The molecule has 1 unspecified atom stereocenters. The first kappa shape index (κ1) is 12.9. The minimum absolute atomic E-state index is 0.0126. The summed E-state index contributed by atoms with van der Waals surface area (Å²) in [6.45, 7) is 9.55. The lowest BCUT2D eigenvalue weighted by molar-refractivity contribution is 0.0528. The van der Waals surface area contributed by atoms with Gasteiger partial charge in [0.05, 0.1) is 0 Å². The van der Waals surface area contributed by atoms with Gasteiger partial charge in [0.15, 0.2) is 5.82 Å². The quantitative estimate of drug-likeness (QED) is 0.800. The van der Waals surface area contributed by atoms with Gasteiger partial charge in [0.25, 0.3) is 5.91 Å². The molecule has 0 aliphatic carbocycles. The number of aromatic amines is 1. The highest BCUT2D eigenvalue weighted by Crippen LogP contribution is 2.18. The molecule has 1 fully saturated rings. The third-order valence-corrected chi connectivity index (χ3v) is 3.65. The molecule has 18 heavy (non-hydrogen) atoms. The van der Waals surface area contributed by atoms with Crippen molar-refractivity contribution in [2.45, 2.75) is 26.8 Å². The van der Waals surface area contributed by atoms with Gasteiger partial charge in [-0.15, -0.1) is 0 Å². The van der Waals surface area contributed by atoms with Gasteiger partial charge in [-0.05, 0) is 20.4 Å². The number of H-pyrrole nitrogens is 1. The number of amides is 1. The number of anilines is 1. The zero-order chi connectivity index (χ0) is 13.3. The molecule has 2 heterocycles. The summed E-state index contributed by atoms with van der Waals surface area (Å²) >= 11 is 0. The summed E-state index contributed by atoms with van der Waals surface area (Å²) in [6.07, 6.45) is 0. The first-order valence-corrected chi connectivity index (χ1v) is 6.38. The van der Waals surface area contributed by atoms with E-state index in [1.165, 1.54) is 0 Å². The summed E-state index contributed by atoms with van der Waals surface area (Å²) in [4.78, 5) is 16.6. The van der Waals surface area contributed by atoms with E-state index >= 15 is 0 Å². The molecule has 6 heteroatoms. The second-order valence-corrected chi connectivity index (χ2v) is 4.84. The molecule has 0 aromatic carbocycles. The predicted octanol–water partition coefficient (Wildman–Crippen LogP) is 0.467. The monoisotopic (exact) mass is 251 g/mol. The van der Waals surface area contributed by atoms with Crippen LogP contribution in [0.3, 0.4) is 0 Å². The fourth-order valence-electron chi connectivity index (χ4n) is 2.53. The smallest absolute Gasteiger partial charge is 0.259 e. The molecule has 0 saturated carbocycles. The van der Waals surface area contributed by atoms with Gasteiger partial charge in [-0.3, -0.25) is 14.8 Å². The highest BCUT2D eigenvalue weighted by molar-refractivity contribution is 5.99. The van der Waals surface area contributed by atoms with Gasteiger partial charge in [-0.25, -0.2) is 0 Å². The highest BCUT2D eigenvalue weighted by Gasteiger charge is 2.28. The molecule has 100 valence electrons. The number of aromatic nitrogens is 2. The van der Waals surface area contributed by atoms with Gasteiger partial charge >= 0.3 is 0 Å². The number of carbonyl (C=O) groups excluding carboxylic acids is 1. The van der Waals surface area contributed by atoms with E-state index in [2.05, 4.69) is 28.9 Å². The van der Waals surface area contributed by atoms with Crippen LogP contribution in [0.25, 0.3) is 0 Å². The normalized spacial score (nSPS) is 21.3. The zero-order valence-electron chi connectivity index (χ0n) is 11.2. The molecule has 1 amide bonds. The lowest BCUT2D eigenvalue weighted by Gasteiger charge is -2.39. The topological polar surface area (TPSA) is 78.2 Å². The van der Waals surface area contributed by atoms with Crippen molar-refractivity contribution in [3.63, 3.8) is 0 Å². The maximum atomic E-state index is 12.4. The molecule has 0 spiro atoms. The molecule has 3 N–H and O–H groups in total. The Morgan fingerprint density at radius 3 is 2.78 bits per heavy atom. The van der Waals surface area contributed by atoms with Crippen molar-refractivity contribution >= 4 is 11.7 Å². The molecule has 1 atom stereocenters. The second kappa shape index (κ2) is 4.97. The van der Waals surface area contributed by atoms with Gasteiger partial charge in [0.1, 0.15) is 5.56 Å². The maximum Gasteiger partial charge on any atom is 0.259 e. The lowest BCUT2D eigenvalue weighted by Crippen LogP contribution is -2.53. The third-order valence-electron chi connectivity index (χ3n) is 3.65. The fourth-order valence-corrected chi connectivity index (χ4v) is 2.53. The Morgan fingerprint density at radius 2 is 2.28 bits per heavy atom. The van der Waals surface area contributed by atoms with E-state index in [0.29, 0.717) is 17.4 Å². The number of nitrogen functional groups attached to an aromatic ring is 1. The van der Waals surface area contributed by atoms with Gasteiger partial charge in [0.2, 0.25) is 0 Å². The summed E-state index contributed by atoms with van der Waals surface area (Å²) in [6, 6.07) is 0.390. The molecule has 1 aromatic heterocycles. The molecule has 1 aliphatic rings. The highest BCUT2D eigenvalue weighted by atomic mass is 16.2. The standard InChI is InChI=1S/C12H21N5O/c1-4-16-5-6-17(7-8(16)2)12(18)10-9(3)14-15-11(10)13/h8H,4-7H2,1-3H3,(H3,13,14,15). The molecular weight excluding hydrogens is 230 g/mol. The van der Waals surface area contributed by atoms with E-state index in [1.807, 2.05) is 11.8 Å². The molecule has 1 aromatic rings. The van der Waals surface area contributed by atoms with E-state index in [0.717, 1.165) is 31.9 Å². The Morgan fingerprint density at radius 1 is 1.56 bits per heavy atom. The summed E-state index contributed by atoms with van der Waals surface area (Å²) in [5.74, 6) is 0.282. The van der Waals surface area contributed by atoms with Crippen LogP contribution < -0.4 is 5.73 Å². The van der Waals surface area contributed by atoms with Crippen LogP contribution in [0, 0.1) is 6.92 Å². The van der Waals surface area contributed by atoms with E-state index in [1.54, 1.807) is 0 Å². The lowest BCUT2D eigenvalue weighted by atomic mass is 10.1. The second-order valence-electron chi connectivity index (χ2n) is 4.84. The summed E-state index contributed by atoms with van der Waals surface area (Å²) in [5, 5.41) is 6.63. The Bertz CT molecular complexity index is 422. The Kier molecular flexibility index (Phi) is 3.56. The number of likely N-dealkylation sites (N-methyl/N-ethyl adjacent to an activating group) is 1. The number of hydrogen-bond acceptors (Lipinski definition) is 4. The van der Waals surface area contributed by atoms with Gasteiger partial charge in [-0.1, -0.05) is 6.92 Å². The minimum atomic E-state index is -0.0126. The number of hydrogen-bond donors (Lipinski definition) is 2. The Balaban J connectivity index is 2.12. The average Bonchev–Trinajstić information content (AvgIpc) is 2.68. The van der Waals surface area contributed by atoms with Crippen molar-refractivity contribution in [3.05, 3.63) is 11.3 Å². The van der Waals surface area contributed by atoms with E-state index < -0.39 is 0 Å². The van der Waals surface area contributed by atoms with Crippen LogP contribution in [0.2, 0.25) is 0 Å².